The molecule has 1 unspecified atom stereocenters. The Bertz CT molecular complexity index is 640. The second kappa shape index (κ2) is 3.69. The van der Waals surface area contributed by atoms with E-state index in [0.29, 0.717) is 28.5 Å². The first-order valence-electron chi connectivity index (χ1n) is 5.79. The highest BCUT2D eigenvalue weighted by atomic mass is 16.5. The Kier molecular flexibility index (Phi) is 2.23. The minimum Gasteiger partial charge on any atom is -0.448 e. The number of benzene rings is 2. The average Bonchev–Trinajstić information content (AvgIpc) is 2.74. The van der Waals surface area contributed by atoms with E-state index in [4.69, 9.17) is 27.7 Å². The molecule has 19 heavy (non-hydrogen) atoms. The van der Waals surface area contributed by atoms with E-state index in [1.807, 2.05) is 0 Å². The first-order chi connectivity index (χ1) is 8.99. The number of rotatable bonds is 1. The predicted molar refractivity (Wildman–Crippen MR) is 76.2 cm³/mol. The topological polar surface area (TPSA) is 125 Å². The van der Waals surface area contributed by atoms with Gasteiger partial charge in [-0.2, -0.15) is 0 Å². The molecular formula is C13H15N5O. The molecule has 3 rings (SSSR count). The zero-order valence-electron chi connectivity index (χ0n) is 10.2. The molecule has 0 saturated heterocycles. The van der Waals surface area contributed by atoms with Gasteiger partial charge in [-0.3, -0.25) is 5.73 Å². The molecule has 1 heterocycles. The molecule has 1 atom stereocenters. The Morgan fingerprint density at radius 3 is 2.32 bits per heavy atom. The number of fused-ring (bicyclic) bond motifs is 1. The predicted octanol–water partition coefficient (Wildman–Crippen LogP) is 1.01. The van der Waals surface area contributed by atoms with Crippen molar-refractivity contribution < 1.29 is 4.74 Å². The van der Waals surface area contributed by atoms with Crippen LogP contribution in [0.25, 0.3) is 0 Å². The van der Waals surface area contributed by atoms with Gasteiger partial charge in [0.15, 0.2) is 0 Å². The molecule has 0 fully saturated rings. The molecule has 1 aliphatic rings. The Morgan fingerprint density at radius 2 is 1.63 bits per heavy atom. The normalized spacial score (nSPS) is 20.5. The molecule has 98 valence electrons. The van der Waals surface area contributed by atoms with Crippen LogP contribution < -0.4 is 33.0 Å². The van der Waals surface area contributed by atoms with Crippen molar-refractivity contribution in [3.8, 4) is 5.75 Å². The summed E-state index contributed by atoms with van der Waals surface area (Å²) in [5.74, 6) is -0.594. The lowest BCUT2D eigenvalue weighted by atomic mass is 10.1. The lowest BCUT2D eigenvalue weighted by Crippen LogP contribution is -2.46. The van der Waals surface area contributed by atoms with Crippen LogP contribution in [-0.4, -0.2) is 0 Å². The number of nitrogen functional groups attached to an aromatic ring is 3. The summed E-state index contributed by atoms with van der Waals surface area (Å²) in [5.41, 5.74) is 26.5. The number of nitrogens with two attached hydrogens (primary N) is 4. The van der Waals surface area contributed by atoms with E-state index in [1.54, 1.807) is 36.4 Å². The molecule has 0 bridgehead atoms. The standard InChI is InChI=1S/C13H15N5O/c14-8-3-1-7(2-4-8)13(17)18-12-10(19-13)6-5-9(15)11(12)16/h1-6,18H,14-17H2. The second-order valence-electron chi connectivity index (χ2n) is 4.53. The van der Waals surface area contributed by atoms with Crippen LogP contribution >= 0.6 is 0 Å². The van der Waals surface area contributed by atoms with E-state index in [0.717, 1.165) is 5.56 Å². The van der Waals surface area contributed by atoms with Gasteiger partial charge in [-0.15, -0.1) is 0 Å². The van der Waals surface area contributed by atoms with Crippen molar-refractivity contribution >= 4 is 22.7 Å². The van der Waals surface area contributed by atoms with E-state index in [9.17, 15) is 0 Å². The Balaban J connectivity index is 2.02. The van der Waals surface area contributed by atoms with Gasteiger partial charge in [-0.05, 0) is 36.4 Å². The Morgan fingerprint density at radius 1 is 0.947 bits per heavy atom. The maximum absolute atomic E-state index is 6.23. The van der Waals surface area contributed by atoms with Crippen LogP contribution in [0.2, 0.25) is 0 Å². The van der Waals surface area contributed by atoms with E-state index < -0.39 is 5.85 Å². The average molecular weight is 257 g/mol. The summed E-state index contributed by atoms with van der Waals surface area (Å²) in [6.45, 7) is 0. The van der Waals surface area contributed by atoms with Gasteiger partial charge in [-0.25, -0.2) is 0 Å². The molecule has 1 aliphatic heterocycles. The number of hydrogen-bond donors (Lipinski definition) is 5. The highest BCUT2D eigenvalue weighted by Gasteiger charge is 2.38. The Hall–Kier alpha value is -2.60. The van der Waals surface area contributed by atoms with Gasteiger partial charge in [0.1, 0.15) is 11.4 Å². The van der Waals surface area contributed by atoms with Crippen molar-refractivity contribution in [2.75, 3.05) is 22.5 Å². The number of ether oxygens (including phenoxy) is 1. The van der Waals surface area contributed by atoms with Gasteiger partial charge >= 0.3 is 0 Å². The molecule has 0 aromatic heterocycles. The molecule has 9 N–H and O–H groups in total. The van der Waals surface area contributed by atoms with Crippen LogP contribution in [0, 0.1) is 0 Å². The van der Waals surface area contributed by atoms with Crippen LogP contribution in [0.5, 0.6) is 5.75 Å². The minimum absolute atomic E-state index is 0.431. The van der Waals surface area contributed by atoms with Gasteiger partial charge in [-0.1, -0.05) is 0 Å². The smallest absolute Gasteiger partial charge is 0.263 e. The number of anilines is 4. The SMILES string of the molecule is Nc1ccc(C2(N)Nc3c(ccc(N)c3N)O2)cc1. The van der Waals surface area contributed by atoms with Crippen LogP contribution in [0.3, 0.4) is 0 Å². The molecule has 0 spiro atoms. The molecule has 2 aromatic carbocycles. The lowest BCUT2D eigenvalue weighted by Gasteiger charge is -2.24. The van der Waals surface area contributed by atoms with Gasteiger partial charge < -0.3 is 27.3 Å². The lowest BCUT2D eigenvalue weighted by molar-refractivity contribution is 0.126. The van der Waals surface area contributed by atoms with Crippen molar-refractivity contribution in [1.29, 1.82) is 0 Å². The largest absolute Gasteiger partial charge is 0.448 e. The monoisotopic (exact) mass is 257 g/mol. The summed E-state index contributed by atoms with van der Waals surface area (Å²) in [7, 11) is 0. The number of hydrogen-bond acceptors (Lipinski definition) is 6. The van der Waals surface area contributed by atoms with Gasteiger partial charge in [0.25, 0.3) is 5.85 Å². The summed E-state index contributed by atoms with van der Waals surface area (Å²) in [6.07, 6.45) is 0. The third-order valence-corrected chi connectivity index (χ3v) is 3.16. The van der Waals surface area contributed by atoms with Crippen LogP contribution in [0.15, 0.2) is 36.4 Å². The highest BCUT2D eigenvalue weighted by Crippen LogP contribution is 2.44. The van der Waals surface area contributed by atoms with Crippen molar-refractivity contribution in [1.82, 2.24) is 0 Å². The van der Waals surface area contributed by atoms with Gasteiger partial charge in [0.2, 0.25) is 0 Å². The second-order valence-corrected chi connectivity index (χ2v) is 4.53. The fourth-order valence-corrected chi connectivity index (χ4v) is 2.08. The van der Waals surface area contributed by atoms with Crippen molar-refractivity contribution in [2.24, 2.45) is 5.73 Å². The molecule has 2 aromatic rings. The third-order valence-electron chi connectivity index (χ3n) is 3.16. The maximum Gasteiger partial charge on any atom is 0.263 e. The molecule has 6 nitrogen and oxygen atoms in total. The molecule has 0 amide bonds. The first kappa shape index (κ1) is 11.5. The summed E-state index contributed by atoms with van der Waals surface area (Å²) < 4.78 is 5.75. The van der Waals surface area contributed by atoms with Crippen LogP contribution in [-0.2, 0) is 5.85 Å². The highest BCUT2D eigenvalue weighted by molar-refractivity contribution is 5.85. The summed E-state index contributed by atoms with van der Waals surface area (Å²) in [5, 5.41) is 3.07. The van der Waals surface area contributed by atoms with Gasteiger partial charge in [0, 0.05) is 11.3 Å². The summed E-state index contributed by atoms with van der Waals surface area (Å²) >= 11 is 0. The van der Waals surface area contributed by atoms with Crippen molar-refractivity contribution in [2.45, 2.75) is 5.85 Å². The third kappa shape index (κ3) is 1.69. The number of nitrogens with one attached hydrogen (secondary N) is 1. The fourth-order valence-electron chi connectivity index (χ4n) is 2.08. The quantitative estimate of drug-likeness (QED) is 0.485. The van der Waals surface area contributed by atoms with E-state index in [1.165, 1.54) is 0 Å². The Labute approximate surface area is 110 Å². The van der Waals surface area contributed by atoms with E-state index in [-0.39, 0.29) is 0 Å². The minimum atomic E-state index is -1.17. The zero-order valence-corrected chi connectivity index (χ0v) is 10.2. The van der Waals surface area contributed by atoms with Crippen LogP contribution in [0.1, 0.15) is 5.56 Å². The van der Waals surface area contributed by atoms with Gasteiger partial charge in [0.05, 0.1) is 11.4 Å². The van der Waals surface area contributed by atoms with Crippen molar-refractivity contribution in [3.05, 3.63) is 42.0 Å². The molecule has 0 radical (unpaired) electrons. The molecule has 0 saturated carbocycles. The van der Waals surface area contributed by atoms with E-state index >= 15 is 0 Å². The van der Waals surface area contributed by atoms with Crippen molar-refractivity contribution in [3.63, 3.8) is 0 Å². The fraction of sp³-hybridized carbons (Fsp3) is 0.0769. The molecule has 0 aliphatic carbocycles. The molecule has 6 heteroatoms. The van der Waals surface area contributed by atoms with E-state index in [2.05, 4.69) is 5.32 Å². The summed E-state index contributed by atoms with van der Waals surface area (Å²) in [6, 6.07) is 10.5. The van der Waals surface area contributed by atoms with Crippen LogP contribution in [0.4, 0.5) is 22.7 Å². The molecular weight excluding hydrogens is 242 g/mol. The zero-order chi connectivity index (χ0) is 13.6. The first-order valence-corrected chi connectivity index (χ1v) is 5.79. The summed E-state index contributed by atoms with van der Waals surface area (Å²) in [4.78, 5) is 0. The maximum atomic E-state index is 6.23.